The fourth-order valence-electron chi connectivity index (χ4n) is 1.73. The van der Waals surface area contributed by atoms with Gasteiger partial charge in [-0.1, -0.05) is 18.2 Å². The number of hydrogen-bond acceptors (Lipinski definition) is 2. The van der Waals surface area contributed by atoms with Crippen molar-refractivity contribution < 1.29 is 4.79 Å². The van der Waals surface area contributed by atoms with Gasteiger partial charge in [-0.15, -0.1) is 0 Å². The molecule has 3 nitrogen and oxygen atoms in total. The van der Waals surface area contributed by atoms with Crippen molar-refractivity contribution in [1.82, 2.24) is 10.2 Å². The van der Waals surface area contributed by atoms with Crippen molar-refractivity contribution in [3.05, 3.63) is 24.3 Å². The number of carbonyl (C=O) groups excluding carboxylic acids is 1. The summed E-state index contributed by atoms with van der Waals surface area (Å²) in [5.41, 5.74) is -0.0877. The van der Waals surface area contributed by atoms with E-state index in [2.05, 4.69) is 19.2 Å². The van der Waals surface area contributed by atoms with Gasteiger partial charge in [0.25, 0.3) is 0 Å². The number of nitrogens with one attached hydrogen (secondary N) is 1. The molecule has 84 valence electrons. The standard InChI is InChI=1S/C12H20N2O/c1-4-5-6-7-11(15)14-9-8-13-10-12(14,2)3/h4-7,13H,8-10H2,1-3H3. The highest BCUT2D eigenvalue weighted by atomic mass is 16.2. The number of amides is 1. The van der Waals surface area contributed by atoms with Crippen LogP contribution < -0.4 is 5.32 Å². The fourth-order valence-corrected chi connectivity index (χ4v) is 1.73. The highest BCUT2D eigenvalue weighted by molar-refractivity contribution is 5.88. The van der Waals surface area contributed by atoms with Crippen LogP contribution in [0.1, 0.15) is 20.8 Å². The van der Waals surface area contributed by atoms with E-state index in [1.165, 1.54) is 0 Å². The van der Waals surface area contributed by atoms with E-state index < -0.39 is 0 Å². The van der Waals surface area contributed by atoms with Crippen LogP contribution in [0.3, 0.4) is 0 Å². The van der Waals surface area contributed by atoms with Crippen molar-refractivity contribution in [3.8, 4) is 0 Å². The van der Waals surface area contributed by atoms with Crippen LogP contribution in [0.25, 0.3) is 0 Å². The second-order valence-corrected chi connectivity index (χ2v) is 4.36. The maximum absolute atomic E-state index is 11.9. The van der Waals surface area contributed by atoms with Gasteiger partial charge < -0.3 is 10.2 Å². The predicted molar refractivity (Wildman–Crippen MR) is 62.6 cm³/mol. The van der Waals surface area contributed by atoms with Crippen molar-refractivity contribution in [2.45, 2.75) is 26.3 Å². The van der Waals surface area contributed by atoms with Gasteiger partial charge in [-0.05, 0) is 20.8 Å². The monoisotopic (exact) mass is 208 g/mol. The van der Waals surface area contributed by atoms with Crippen LogP contribution in [0.5, 0.6) is 0 Å². The van der Waals surface area contributed by atoms with Crippen LogP contribution in [0.4, 0.5) is 0 Å². The number of hydrogen-bond donors (Lipinski definition) is 1. The van der Waals surface area contributed by atoms with Crippen LogP contribution in [0, 0.1) is 0 Å². The molecule has 0 aromatic heterocycles. The SMILES string of the molecule is CC=CC=CC(=O)N1CCNCC1(C)C. The Bertz CT molecular complexity index is 279. The van der Waals surface area contributed by atoms with Gasteiger partial charge in [-0.3, -0.25) is 4.79 Å². The Morgan fingerprint density at radius 3 is 2.73 bits per heavy atom. The first-order chi connectivity index (χ1) is 7.08. The molecule has 0 aromatic rings. The summed E-state index contributed by atoms with van der Waals surface area (Å²) >= 11 is 0. The number of piperazine rings is 1. The molecule has 1 amide bonds. The van der Waals surface area contributed by atoms with Crippen molar-refractivity contribution in [2.75, 3.05) is 19.6 Å². The Balaban J connectivity index is 2.65. The third-order valence-electron chi connectivity index (χ3n) is 2.61. The summed E-state index contributed by atoms with van der Waals surface area (Å²) < 4.78 is 0. The van der Waals surface area contributed by atoms with Crippen LogP contribution in [0.15, 0.2) is 24.3 Å². The van der Waals surface area contributed by atoms with E-state index in [1.807, 2.05) is 24.0 Å². The molecular weight excluding hydrogens is 188 g/mol. The highest BCUT2D eigenvalue weighted by Gasteiger charge is 2.31. The zero-order chi connectivity index (χ0) is 11.3. The van der Waals surface area contributed by atoms with Crippen LogP contribution in [-0.4, -0.2) is 36.0 Å². The smallest absolute Gasteiger partial charge is 0.247 e. The quantitative estimate of drug-likeness (QED) is 0.548. The van der Waals surface area contributed by atoms with E-state index in [4.69, 9.17) is 0 Å². The molecule has 0 saturated carbocycles. The summed E-state index contributed by atoms with van der Waals surface area (Å²) in [6.45, 7) is 8.62. The summed E-state index contributed by atoms with van der Waals surface area (Å²) in [4.78, 5) is 13.8. The van der Waals surface area contributed by atoms with Crippen LogP contribution in [0.2, 0.25) is 0 Å². The molecule has 0 atom stereocenters. The lowest BCUT2D eigenvalue weighted by atomic mass is 10.00. The van der Waals surface area contributed by atoms with Crippen molar-refractivity contribution in [3.63, 3.8) is 0 Å². The Morgan fingerprint density at radius 2 is 2.13 bits per heavy atom. The topological polar surface area (TPSA) is 32.3 Å². The first-order valence-electron chi connectivity index (χ1n) is 5.39. The maximum Gasteiger partial charge on any atom is 0.247 e. The Kier molecular flexibility index (Phi) is 4.09. The van der Waals surface area contributed by atoms with Crippen LogP contribution >= 0.6 is 0 Å². The first-order valence-corrected chi connectivity index (χ1v) is 5.39. The minimum atomic E-state index is -0.0877. The van der Waals surface area contributed by atoms with E-state index in [9.17, 15) is 4.79 Å². The second-order valence-electron chi connectivity index (χ2n) is 4.36. The second kappa shape index (κ2) is 5.12. The van der Waals surface area contributed by atoms with Gasteiger partial charge in [0.05, 0.1) is 5.54 Å². The lowest BCUT2D eigenvalue weighted by molar-refractivity contribution is -0.132. The molecule has 1 fully saturated rings. The third kappa shape index (κ3) is 3.20. The van der Waals surface area contributed by atoms with Crippen molar-refractivity contribution in [1.29, 1.82) is 0 Å². The molecule has 1 aliphatic rings. The zero-order valence-electron chi connectivity index (χ0n) is 9.79. The van der Waals surface area contributed by atoms with Crippen LogP contribution in [-0.2, 0) is 4.79 Å². The number of nitrogens with zero attached hydrogens (tertiary/aromatic N) is 1. The van der Waals surface area contributed by atoms with E-state index in [0.29, 0.717) is 0 Å². The molecule has 1 rings (SSSR count). The lowest BCUT2D eigenvalue weighted by Crippen LogP contribution is -2.59. The minimum Gasteiger partial charge on any atom is -0.331 e. The van der Waals surface area contributed by atoms with Gasteiger partial charge in [0.2, 0.25) is 5.91 Å². The van der Waals surface area contributed by atoms with Gasteiger partial charge in [-0.25, -0.2) is 0 Å². The average molecular weight is 208 g/mol. The largest absolute Gasteiger partial charge is 0.331 e. The Hall–Kier alpha value is -1.09. The molecule has 0 radical (unpaired) electrons. The van der Waals surface area contributed by atoms with E-state index in [0.717, 1.165) is 19.6 Å². The molecule has 0 unspecified atom stereocenters. The van der Waals surface area contributed by atoms with E-state index >= 15 is 0 Å². The predicted octanol–water partition coefficient (Wildman–Crippen LogP) is 1.33. The van der Waals surface area contributed by atoms with Gasteiger partial charge >= 0.3 is 0 Å². The number of allylic oxidation sites excluding steroid dienone is 3. The molecule has 0 spiro atoms. The molecule has 1 saturated heterocycles. The molecule has 3 heteroatoms. The fraction of sp³-hybridized carbons (Fsp3) is 0.583. The van der Waals surface area contributed by atoms with Gasteiger partial charge in [0.1, 0.15) is 0 Å². The molecule has 1 N–H and O–H groups in total. The zero-order valence-corrected chi connectivity index (χ0v) is 9.79. The molecule has 0 bridgehead atoms. The van der Waals surface area contributed by atoms with E-state index in [1.54, 1.807) is 12.2 Å². The summed E-state index contributed by atoms with van der Waals surface area (Å²) in [6, 6.07) is 0. The molecule has 0 aromatic carbocycles. The van der Waals surface area contributed by atoms with Gasteiger partial charge in [0, 0.05) is 25.7 Å². The van der Waals surface area contributed by atoms with Gasteiger partial charge in [-0.2, -0.15) is 0 Å². The first kappa shape index (κ1) is 12.0. The van der Waals surface area contributed by atoms with E-state index in [-0.39, 0.29) is 11.4 Å². The maximum atomic E-state index is 11.9. The minimum absolute atomic E-state index is 0.0877. The molecule has 1 heterocycles. The summed E-state index contributed by atoms with van der Waals surface area (Å²) in [7, 11) is 0. The molecular formula is C12H20N2O. The van der Waals surface area contributed by atoms with Crippen molar-refractivity contribution in [2.24, 2.45) is 0 Å². The molecule has 1 aliphatic heterocycles. The lowest BCUT2D eigenvalue weighted by Gasteiger charge is -2.42. The molecule has 0 aliphatic carbocycles. The summed E-state index contributed by atoms with van der Waals surface area (Å²) in [6.07, 6.45) is 7.20. The highest BCUT2D eigenvalue weighted by Crippen LogP contribution is 2.16. The molecule has 15 heavy (non-hydrogen) atoms. The Labute approximate surface area is 91.8 Å². The summed E-state index contributed by atoms with van der Waals surface area (Å²) in [5, 5.41) is 3.30. The third-order valence-corrected chi connectivity index (χ3v) is 2.61. The normalized spacial score (nSPS) is 21.4. The number of rotatable bonds is 2. The average Bonchev–Trinajstić information content (AvgIpc) is 2.17. The number of carbonyl (C=O) groups is 1. The summed E-state index contributed by atoms with van der Waals surface area (Å²) in [5.74, 6) is 0.0969. The van der Waals surface area contributed by atoms with Crippen molar-refractivity contribution >= 4 is 5.91 Å². The van der Waals surface area contributed by atoms with Gasteiger partial charge in [0.15, 0.2) is 0 Å². The Morgan fingerprint density at radius 1 is 1.40 bits per heavy atom.